The summed E-state index contributed by atoms with van der Waals surface area (Å²) in [6.07, 6.45) is 10.0. The predicted molar refractivity (Wildman–Crippen MR) is 68.0 cm³/mol. The SMILES string of the molecule is CCCCC1CCCC(CC)C1CS. The van der Waals surface area contributed by atoms with Crippen molar-refractivity contribution in [1.82, 2.24) is 0 Å². The molecule has 0 radical (unpaired) electrons. The number of thiol groups is 1. The first-order valence-corrected chi connectivity index (χ1v) is 7.07. The first kappa shape index (κ1) is 12.4. The van der Waals surface area contributed by atoms with Crippen molar-refractivity contribution in [2.45, 2.75) is 58.8 Å². The van der Waals surface area contributed by atoms with Gasteiger partial charge in [0.25, 0.3) is 0 Å². The third kappa shape index (κ3) is 3.18. The molecule has 3 atom stereocenters. The Morgan fingerprint density at radius 1 is 1.14 bits per heavy atom. The molecular weight excluding hydrogens is 188 g/mol. The van der Waals surface area contributed by atoms with E-state index in [9.17, 15) is 0 Å². The molecule has 1 heteroatoms. The molecule has 14 heavy (non-hydrogen) atoms. The molecule has 0 aromatic heterocycles. The summed E-state index contributed by atoms with van der Waals surface area (Å²) in [5.74, 6) is 4.00. The Morgan fingerprint density at radius 2 is 1.86 bits per heavy atom. The highest BCUT2D eigenvalue weighted by Crippen LogP contribution is 2.39. The van der Waals surface area contributed by atoms with Crippen molar-refractivity contribution in [1.29, 1.82) is 0 Å². The first-order valence-electron chi connectivity index (χ1n) is 6.44. The van der Waals surface area contributed by atoms with Crippen molar-refractivity contribution >= 4 is 12.6 Å². The highest BCUT2D eigenvalue weighted by atomic mass is 32.1. The monoisotopic (exact) mass is 214 g/mol. The van der Waals surface area contributed by atoms with Gasteiger partial charge in [0.1, 0.15) is 0 Å². The molecule has 1 fully saturated rings. The van der Waals surface area contributed by atoms with Crippen molar-refractivity contribution < 1.29 is 0 Å². The zero-order valence-electron chi connectivity index (χ0n) is 9.84. The first-order chi connectivity index (χ1) is 6.83. The van der Waals surface area contributed by atoms with Crippen LogP contribution in [-0.4, -0.2) is 5.75 Å². The molecule has 1 aliphatic carbocycles. The average molecular weight is 214 g/mol. The molecule has 1 aliphatic rings. The lowest BCUT2D eigenvalue weighted by atomic mass is 9.70. The van der Waals surface area contributed by atoms with Gasteiger partial charge < -0.3 is 0 Å². The zero-order valence-corrected chi connectivity index (χ0v) is 10.7. The maximum atomic E-state index is 4.56. The second-order valence-electron chi connectivity index (χ2n) is 4.85. The van der Waals surface area contributed by atoms with Crippen LogP contribution in [0.3, 0.4) is 0 Å². The van der Waals surface area contributed by atoms with E-state index in [0.717, 1.165) is 23.5 Å². The molecule has 1 rings (SSSR count). The van der Waals surface area contributed by atoms with E-state index in [2.05, 4.69) is 26.5 Å². The molecule has 0 spiro atoms. The van der Waals surface area contributed by atoms with Crippen LogP contribution in [0.4, 0.5) is 0 Å². The van der Waals surface area contributed by atoms with Crippen LogP contribution in [0.2, 0.25) is 0 Å². The Kier molecular flexibility index (Phi) is 6.00. The standard InChI is InChI=1S/C13H26S/c1-3-5-7-12-9-6-8-11(4-2)13(12)10-14/h11-14H,3-10H2,1-2H3. The van der Waals surface area contributed by atoms with Crippen LogP contribution in [0, 0.1) is 17.8 Å². The second-order valence-corrected chi connectivity index (χ2v) is 5.21. The van der Waals surface area contributed by atoms with Crippen LogP contribution in [0.25, 0.3) is 0 Å². The highest BCUT2D eigenvalue weighted by Gasteiger charge is 2.30. The second kappa shape index (κ2) is 6.76. The minimum absolute atomic E-state index is 0.920. The topological polar surface area (TPSA) is 0 Å². The minimum atomic E-state index is 0.920. The molecule has 0 aromatic carbocycles. The summed E-state index contributed by atoms with van der Waals surface area (Å²) in [4.78, 5) is 0. The van der Waals surface area contributed by atoms with Crippen LogP contribution in [0.15, 0.2) is 0 Å². The summed E-state index contributed by atoms with van der Waals surface area (Å²) in [7, 11) is 0. The summed E-state index contributed by atoms with van der Waals surface area (Å²) < 4.78 is 0. The maximum absolute atomic E-state index is 4.56. The normalized spacial score (nSPS) is 33.2. The molecule has 3 unspecified atom stereocenters. The van der Waals surface area contributed by atoms with Crippen LogP contribution in [0.1, 0.15) is 58.8 Å². The Balaban J connectivity index is 2.45. The van der Waals surface area contributed by atoms with Crippen molar-refractivity contribution in [3.8, 4) is 0 Å². The maximum Gasteiger partial charge on any atom is -0.00642 e. The quantitative estimate of drug-likeness (QED) is 0.638. The van der Waals surface area contributed by atoms with Gasteiger partial charge in [-0.15, -0.1) is 0 Å². The van der Waals surface area contributed by atoms with E-state index < -0.39 is 0 Å². The van der Waals surface area contributed by atoms with E-state index >= 15 is 0 Å². The summed E-state index contributed by atoms with van der Waals surface area (Å²) in [6, 6.07) is 0. The average Bonchev–Trinajstić information content (AvgIpc) is 2.25. The molecule has 0 heterocycles. The van der Waals surface area contributed by atoms with Crippen LogP contribution in [-0.2, 0) is 0 Å². The van der Waals surface area contributed by atoms with Gasteiger partial charge in [0.15, 0.2) is 0 Å². The molecule has 84 valence electrons. The highest BCUT2D eigenvalue weighted by molar-refractivity contribution is 7.80. The van der Waals surface area contributed by atoms with Gasteiger partial charge in [-0.1, -0.05) is 58.8 Å². The third-order valence-corrected chi connectivity index (χ3v) is 4.45. The Morgan fingerprint density at radius 3 is 2.43 bits per heavy atom. The number of hydrogen-bond acceptors (Lipinski definition) is 1. The lowest BCUT2D eigenvalue weighted by Crippen LogP contribution is -2.29. The van der Waals surface area contributed by atoms with E-state index in [1.54, 1.807) is 0 Å². The Hall–Kier alpha value is 0.350. The fourth-order valence-electron chi connectivity index (χ4n) is 3.09. The Bertz CT molecular complexity index is 144. The predicted octanol–water partition coefficient (Wildman–Crippen LogP) is 4.55. The van der Waals surface area contributed by atoms with Crippen molar-refractivity contribution in [2.75, 3.05) is 5.75 Å². The molecule has 0 aliphatic heterocycles. The lowest BCUT2D eigenvalue weighted by molar-refractivity contribution is 0.158. The zero-order chi connectivity index (χ0) is 10.4. The molecule has 0 saturated heterocycles. The smallest absolute Gasteiger partial charge is 0.00642 e. The largest absolute Gasteiger partial charge is 0.179 e. The van der Waals surface area contributed by atoms with E-state index in [4.69, 9.17) is 0 Å². The van der Waals surface area contributed by atoms with Crippen LogP contribution >= 0.6 is 12.6 Å². The van der Waals surface area contributed by atoms with Gasteiger partial charge in [0, 0.05) is 0 Å². The van der Waals surface area contributed by atoms with E-state index in [1.165, 1.54) is 44.9 Å². The van der Waals surface area contributed by atoms with E-state index in [1.807, 2.05) is 0 Å². The van der Waals surface area contributed by atoms with Gasteiger partial charge in [0.2, 0.25) is 0 Å². The Labute approximate surface area is 95.3 Å². The summed E-state index contributed by atoms with van der Waals surface area (Å²) in [5, 5.41) is 0. The number of hydrogen-bond donors (Lipinski definition) is 1. The van der Waals surface area contributed by atoms with E-state index in [-0.39, 0.29) is 0 Å². The molecule has 0 N–H and O–H groups in total. The molecule has 0 bridgehead atoms. The molecule has 0 amide bonds. The van der Waals surface area contributed by atoms with Gasteiger partial charge in [0.05, 0.1) is 0 Å². The third-order valence-electron chi connectivity index (χ3n) is 4.02. The fraction of sp³-hybridized carbons (Fsp3) is 1.00. The van der Waals surface area contributed by atoms with Gasteiger partial charge in [-0.3, -0.25) is 0 Å². The van der Waals surface area contributed by atoms with E-state index in [0.29, 0.717) is 0 Å². The van der Waals surface area contributed by atoms with Gasteiger partial charge in [-0.05, 0) is 23.5 Å². The summed E-state index contributed by atoms with van der Waals surface area (Å²) in [5.41, 5.74) is 0. The molecule has 0 aromatic rings. The van der Waals surface area contributed by atoms with Gasteiger partial charge >= 0.3 is 0 Å². The van der Waals surface area contributed by atoms with Crippen molar-refractivity contribution in [3.63, 3.8) is 0 Å². The van der Waals surface area contributed by atoms with Crippen LogP contribution in [0.5, 0.6) is 0 Å². The molecule has 0 nitrogen and oxygen atoms in total. The van der Waals surface area contributed by atoms with Gasteiger partial charge in [-0.2, -0.15) is 12.6 Å². The van der Waals surface area contributed by atoms with Crippen molar-refractivity contribution in [2.24, 2.45) is 17.8 Å². The summed E-state index contributed by atoms with van der Waals surface area (Å²) in [6.45, 7) is 4.65. The number of unbranched alkanes of at least 4 members (excludes halogenated alkanes) is 1. The van der Waals surface area contributed by atoms with Gasteiger partial charge in [-0.25, -0.2) is 0 Å². The molecular formula is C13H26S. The van der Waals surface area contributed by atoms with Crippen LogP contribution < -0.4 is 0 Å². The fourth-order valence-corrected chi connectivity index (χ4v) is 3.68. The number of rotatable bonds is 5. The molecule has 1 saturated carbocycles. The lowest BCUT2D eigenvalue weighted by Gasteiger charge is -2.37. The minimum Gasteiger partial charge on any atom is -0.179 e. The summed E-state index contributed by atoms with van der Waals surface area (Å²) >= 11 is 4.56. The van der Waals surface area contributed by atoms with Crippen molar-refractivity contribution in [3.05, 3.63) is 0 Å².